The van der Waals surface area contributed by atoms with Crippen LogP contribution in [0.4, 0.5) is 14.6 Å². The van der Waals surface area contributed by atoms with Crippen LogP contribution < -0.4 is 4.90 Å². The molecule has 1 heterocycles. The first kappa shape index (κ1) is 13.0. The van der Waals surface area contributed by atoms with Crippen molar-refractivity contribution in [2.75, 3.05) is 11.9 Å². The van der Waals surface area contributed by atoms with Gasteiger partial charge in [-0.2, -0.15) is 5.10 Å². The molecule has 1 aromatic rings. The summed E-state index contributed by atoms with van der Waals surface area (Å²) in [6, 6.07) is 1.59. The number of alkyl halides is 2. The fraction of sp³-hybridized carbons (Fsp3) is 0.667. The van der Waals surface area contributed by atoms with E-state index in [2.05, 4.69) is 5.10 Å². The van der Waals surface area contributed by atoms with Crippen molar-refractivity contribution in [3.63, 3.8) is 0 Å². The number of hydrogen-bond donors (Lipinski definition) is 0. The van der Waals surface area contributed by atoms with Crippen LogP contribution in [0.15, 0.2) is 6.07 Å². The number of nitrogens with zero attached hydrogens (tertiary/aromatic N) is 3. The SMILES string of the molecule is CCCCn1nc(C2CC2(F)F)cc1N(C)C=O. The molecule has 100 valence electrons. The molecule has 6 heteroatoms. The van der Waals surface area contributed by atoms with Gasteiger partial charge in [-0.05, 0) is 6.42 Å². The van der Waals surface area contributed by atoms with Crippen molar-refractivity contribution < 1.29 is 13.6 Å². The van der Waals surface area contributed by atoms with E-state index in [1.165, 1.54) is 4.90 Å². The molecule has 0 spiro atoms. The van der Waals surface area contributed by atoms with Gasteiger partial charge < -0.3 is 4.90 Å². The molecule has 1 unspecified atom stereocenters. The van der Waals surface area contributed by atoms with E-state index in [0.717, 1.165) is 12.8 Å². The Balaban J connectivity index is 2.23. The van der Waals surface area contributed by atoms with Gasteiger partial charge in [-0.1, -0.05) is 13.3 Å². The molecule has 2 rings (SSSR count). The molecule has 1 amide bonds. The van der Waals surface area contributed by atoms with Crippen LogP contribution in [0.3, 0.4) is 0 Å². The summed E-state index contributed by atoms with van der Waals surface area (Å²) < 4.78 is 27.7. The van der Waals surface area contributed by atoms with Gasteiger partial charge >= 0.3 is 0 Å². The number of rotatable bonds is 6. The van der Waals surface area contributed by atoms with E-state index in [1.807, 2.05) is 6.92 Å². The van der Waals surface area contributed by atoms with Gasteiger partial charge in [0, 0.05) is 26.1 Å². The topological polar surface area (TPSA) is 38.1 Å². The average molecular weight is 257 g/mol. The van der Waals surface area contributed by atoms with Gasteiger partial charge in [0.15, 0.2) is 0 Å². The highest BCUT2D eigenvalue weighted by atomic mass is 19.3. The van der Waals surface area contributed by atoms with Crippen LogP contribution in [0.1, 0.15) is 37.8 Å². The number of carbonyl (C=O) groups is 1. The van der Waals surface area contributed by atoms with Crippen molar-refractivity contribution in [1.82, 2.24) is 9.78 Å². The maximum absolute atomic E-state index is 13.0. The molecule has 1 aliphatic carbocycles. The monoisotopic (exact) mass is 257 g/mol. The van der Waals surface area contributed by atoms with Crippen LogP contribution in [0.25, 0.3) is 0 Å². The van der Waals surface area contributed by atoms with Crippen LogP contribution in [0.5, 0.6) is 0 Å². The van der Waals surface area contributed by atoms with Crippen molar-refractivity contribution in [2.45, 2.75) is 44.6 Å². The summed E-state index contributed by atoms with van der Waals surface area (Å²) >= 11 is 0. The van der Waals surface area contributed by atoms with Gasteiger partial charge in [0.05, 0.1) is 11.6 Å². The highest BCUT2D eigenvalue weighted by Gasteiger charge is 2.59. The number of aromatic nitrogens is 2. The Labute approximate surface area is 105 Å². The van der Waals surface area contributed by atoms with Gasteiger partial charge in [0.25, 0.3) is 5.92 Å². The van der Waals surface area contributed by atoms with E-state index >= 15 is 0 Å². The molecule has 1 fully saturated rings. The first-order chi connectivity index (χ1) is 8.49. The molecule has 1 saturated carbocycles. The second-order valence-electron chi connectivity index (χ2n) is 4.74. The van der Waals surface area contributed by atoms with E-state index in [4.69, 9.17) is 0 Å². The van der Waals surface area contributed by atoms with Crippen molar-refractivity contribution in [1.29, 1.82) is 0 Å². The Bertz CT molecular complexity index is 445. The average Bonchev–Trinajstić information content (AvgIpc) is 2.80. The molecule has 1 aliphatic rings. The van der Waals surface area contributed by atoms with E-state index in [0.29, 0.717) is 24.5 Å². The molecule has 4 nitrogen and oxygen atoms in total. The molecule has 0 saturated heterocycles. The second-order valence-corrected chi connectivity index (χ2v) is 4.74. The third-order valence-corrected chi connectivity index (χ3v) is 3.20. The number of halogens is 2. The smallest absolute Gasteiger partial charge is 0.257 e. The summed E-state index contributed by atoms with van der Waals surface area (Å²) in [5.41, 5.74) is 0.389. The number of carbonyl (C=O) groups excluding carboxylic acids is 1. The molecule has 0 aromatic carbocycles. The van der Waals surface area contributed by atoms with Crippen LogP contribution >= 0.6 is 0 Å². The second kappa shape index (κ2) is 4.66. The summed E-state index contributed by atoms with van der Waals surface area (Å²) in [4.78, 5) is 12.2. The first-order valence-corrected chi connectivity index (χ1v) is 6.13. The number of amides is 1. The molecular weight excluding hydrogens is 240 g/mol. The lowest BCUT2D eigenvalue weighted by Crippen LogP contribution is -2.18. The number of hydrogen-bond acceptors (Lipinski definition) is 2. The van der Waals surface area contributed by atoms with Gasteiger partial charge in [-0.15, -0.1) is 0 Å². The highest BCUT2D eigenvalue weighted by Crippen LogP contribution is 2.55. The zero-order chi connectivity index (χ0) is 13.3. The predicted octanol–water partition coefficient (Wildman–Crippen LogP) is 2.40. The van der Waals surface area contributed by atoms with E-state index in [-0.39, 0.29) is 6.42 Å². The predicted molar refractivity (Wildman–Crippen MR) is 63.9 cm³/mol. The lowest BCUT2D eigenvalue weighted by molar-refractivity contribution is -0.107. The summed E-state index contributed by atoms with van der Waals surface area (Å²) in [5.74, 6) is -2.82. The maximum atomic E-state index is 13.0. The van der Waals surface area contributed by atoms with Gasteiger partial charge in [-0.25, -0.2) is 13.5 Å². The summed E-state index contributed by atoms with van der Waals surface area (Å²) in [6.07, 6.45) is 2.41. The largest absolute Gasteiger partial charge is 0.303 e. The molecular formula is C12H17F2N3O. The van der Waals surface area contributed by atoms with Crippen LogP contribution in [0, 0.1) is 0 Å². The fourth-order valence-corrected chi connectivity index (χ4v) is 1.94. The van der Waals surface area contributed by atoms with E-state index in [1.54, 1.807) is 17.8 Å². The maximum Gasteiger partial charge on any atom is 0.257 e. The Hall–Kier alpha value is -1.46. The Morgan fingerprint density at radius 3 is 2.83 bits per heavy atom. The van der Waals surface area contributed by atoms with Gasteiger partial charge in [-0.3, -0.25) is 4.79 Å². The number of anilines is 1. The van der Waals surface area contributed by atoms with Crippen molar-refractivity contribution in [2.24, 2.45) is 0 Å². The zero-order valence-electron chi connectivity index (χ0n) is 10.6. The van der Waals surface area contributed by atoms with E-state index < -0.39 is 11.8 Å². The Morgan fingerprint density at radius 1 is 1.67 bits per heavy atom. The Kier molecular flexibility index (Phi) is 3.36. The van der Waals surface area contributed by atoms with Crippen LogP contribution in [-0.4, -0.2) is 29.2 Å². The van der Waals surface area contributed by atoms with Crippen LogP contribution in [-0.2, 0) is 11.3 Å². The van der Waals surface area contributed by atoms with E-state index in [9.17, 15) is 13.6 Å². The minimum atomic E-state index is -2.62. The molecule has 1 aromatic heterocycles. The van der Waals surface area contributed by atoms with Crippen LogP contribution in [0.2, 0.25) is 0 Å². The normalized spacial score (nSPS) is 20.8. The first-order valence-electron chi connectivity index (χ1n) is 6.13. The summed E-state index contributed by atoms with van der Waals surface area (Å²) in [7, 11) is 1.60. The lowest BCUT2D eigenvalue weighted by Gasteiger charge is -2.12. The van der Waals surface area contributed by atoms with Crippen molar-refractivity contribution in [3.8, 4) is 0 Å². The Morgan fingerprint density at radius 2 is 2.33 bits per heavy atom. The third kappa shape index (κ3) is 2.37. The molecule has 0 aliphatic heterocycles. The van der Waals surface area contributed by atoms with Crippen molar-refractivity contribution in [3.05, 3.63) is 11.8 Å². The zero-order valence-corrected chi connectivity index (χ0v) is 10.6. The fourth-order valence-electron chi connectivity index (χ4n) is 1.94. The quantitative estimate of drug-likeness (QED) is 0.734. The standard InChI is InChI=1S/C12H17F2N3O/c1-3-4-5-17-11(16(2)8-18)6-10(15-17)9-7-12(9,13)14/h6,8-9H,3-5,7H2,1-2H3. The van der Waals surface area contributed by atoms with Gasteiger partial charge in [0.2, 0.25) is 6.41 Å². The summed E-state index contributed by atoms with van der Waals surface area (Å²) in [5, 5.41) is 4.21. The molecule has 0 bridgehead atoms. The third-order valence-electron chi connectivity index (χ3n) is 3.20. The number of unbranched alkanes of at least 4 members (excludes halogenated alkanes) is 1. The molecule has 1 atom stereocenters. The lowest BCUT2D eigenvalue weighted by atomic mass is 10.3. The number of aryl methyl sites for hydroxylation is 1. The van der Waals surface area contributed by atoms with Crippen molar-refractivity contribution >= 4 is 12.2 Å². The highest BCUT2D eigenvalue weighted by molar-refractivity contribution is 5.72. The van der Waals surface area contributed by atoms with Gasteiger partial charge in [0.1, 0.15) is 5.82 Å². The molecule has 0 N–H and O–H groups in total. The minimum absolute atomic E-state index is 0.137. The summed E-state index contributed by atoms with van der Waals surface area (Å²) in [6.45, 7) is 2.69. The molecule has 18 heavy (non-hydrogen) atoms. The molecule has 0 radical (unpaired) electrons. The minimum Gasteiger partial charge on any atom is -0.303 e.